The van der Waals surface area contributed by atoms with Crippen LogP contribution in [0.5, 0.6) is 5.75 Å². The zero-order valence-corrected chi connectivity index (χ0v) is 24.6. The molecule has 0 unspecified atom stereocenters. The van der Waals surface area contributed by atoms with Crippen LogP contribution in [0.3, 0.4) is 0 Å². The summed E-state index contributed by atoms with van der Waals surface area (Å²) in [6.07, 6.45) is 0. The third kappa shape index (κ3) is 6.26. The molecule has 0 spiro atoms. The maximum atomic E-state index is 15.3. The lowest BCUT2D eigenvalue weighted by Crippen LogP contribution is -2.59. The van der Waals surface area contributed by atoms with E-state index in [4.69, 9.17) is 9.47 Å². The Bertz CT molecular complexity index is 1240. The summed E-state index contributed by atoms with van der Waals surface area (Å²) in [4.78, 5) is 16.8. The highest BCUT2D eigenvalue weighted by atomic mass is 35.5. The van der Waals surface area contributed by atoms with Gasteiger partial charge in [0.2, 0.25) is 15.7 Å². The lowest BCUT2D eigenvalue weighted by Gasteiger charge is -2.39. The van der Waals surface area contributed by atoms with Gasteiger partial charge in [-0.2, -0.15) is 0 Å². The first-order chi connectivity index (χ1) is 17.0. The molecule has 0 aromatic heterocycles. The molecule has 12 heteroatoms. The molecule has 0 saturated carbocycles. The summed E-state index contributed by atoms with van der Waals surface area (Å²) in [7, 11) is -1.04. The number of nitrogens with one attached hydrogen (secondary N) is 1. The largest absolute Gasteiger partial charge is 0.497 e. The second kappa shape index (κ2) is 12.5. The number of ether oxygens (including phenoxy) is 2. The van der Waals surface area contributed by atoms with Gasteiger partial charge in [0.05, 0.1) is 25.2 Å². The van der Waals surface area contributed by atoms with E-state index in [0.717, 1.165) is 0 Å². The molecule has 2 aliphatic heterocycles. The Morgan fingerprint density at radius 2 is 1.82 bits per heavy atom. The summed E-state index contributed by atoms with van der Waals surface area (Å²) in [5, 5.41) is 3.41. The molecule has 0 aliphatic carbocycles. The van der Waals surface area contributed by atoms with Gasteiger partial charge in [0.1, 0.15) is 16.5 Å². The number of amides is 1. The maximum Gasteiger partial charge on any atom is 0.241 e. The van der Waals surface area contributed by atoms with Crippen molar-refractivity contribution in [3.63, 3.8) is 0 Å². The van der Waals surface area contributed by atoms with E-state index in [2.05, 4.69) is 17.1 Å². The minimum atomic E-state index is -4.16. The Morgan fingerprint density at radius 3 is 2.42 bits per heavy atom. The van der Waals surface area contributed by atoms with Crippen LogP contribution < -0.4 is 15.0 Å². The fourth-order valence-corrected chi connectivity index (χ4v) is 6.36. The molecule has 1 N–H and O–H groups in total. The molecule has 0 bridgehead atoms. The number of carbonyl (C=O) groups excluding carboxylic acids is 1. The van der Waals surface area contributed by atoms with Crippen LogP contribution in [0.4, 0.5) is 10.1 Å². The second-order valence-electron chi connectivity index (χ2n) is 10.2. The lowest BCUT2D eigenvalue weighted by atomic mass is 9.87. The van der Waals surface area contributed by atoms with Gasteiger partial charge in [-0.05, 0) is 48.9 Å². The summed E-state index contributed by atoms with van der Waals surface area (Å²) in [6.45, 7) is 8.30. The number of rotatable bonds is 7. The number of sulfone groups is 1. The third-order valence-corrected chi connectivity index (χ3v) is 8.79. The van der Waals surface area contributed by atoms with Crippen molar-refractivity contribution in [2.45, 2.75) is 48.1 Å². The zero-order chi connectivity index (χ0) is 26.3. The molecule has 0 radical (unpaired) electrons. The summed E-state index contributed by atoms with van der Waals surface area (Å²) in [5.74, 6) is -0.490. The van der Waals surface area contributed by atoms with Gasteiger partial charge in [-0.1, -0.05) is 13.8 Å². The average molecular weight is 593 g/mol. The van der Waals surface area contributed by atoms with Crippen molar-refractivity contribution in [3.8, 4) is 5.75 Å². The number of fused-ring (bicyclic) bond motifs is 1. The van der Waals surface area contributed by atoms with Crippen molar-refractivity contribution in [3.05, 3.63) is 47.8 Å². The van der Waals surface area contributed by atoms with Crippen LogP contribution in [-0.2, 0) is 24.8 Å². The number of benzene rings is 2. The quantitative estimate of drug-likeness (QED) is 0.527. The van der Waals surface area contributed by atoms with E-state index in [0.29, 0.717) is 43.2 Å². The van der Waals surface area contributed by atoms with Crippen LogP contribution in [0, 0.1) is 5.82 Å². The maximum absolute atomic E-state index is 15.3. The summed E-state index contributed by atoms with van der Waals surface area (Å²) in [6, 6.07) is 8.64. The number of piperazine rings is 1. The van der Waals surface area contributed by atoms with Crippen molar-refractivity contribution in [1.82, 2.24) is 10.2 Å². The molecule has 2 heterocycles. The monoisotopic (exact) mass is 591 g/mol. The first kappa shape index (κ1) is 32.3. The molecular weight excluding hydrogens is 556 g/mol. The predicted molar refractivity (Wildman–Crippen MR) is 149 cm³/mol. The molecule has 212 valence electrons. The molecular formula is C26H36Cl2FN3O5S. The Morgan fingerprint density at radius 1 is 1.16 bits per heavy atom. The van der Waals surface area contributed by atoms with Gasteiger partial charge >= 0.3 is 0 Å². The number of halogens is 3. The lowest BCUT2D eigenvalue weighted by molar-refractivity contribution is -0.121. The number of carbonyl (C=O) groups is 1. The van der Waals surface area contributed by atoms with E-state index in [9.17, 15) is 13.2 Å². The van der Waals surface area contributed by atoms with Gasteiger partial charge in [0.15, 0.2) is 0 Å². The highest BCUT2D eigenvalue weighted by molar-refractivity contribution is 7.91. The molecule has 1 saturated heterocycles. The molecule has 2 aromatic carbocycles. The molecule has 2 aromatic rings. The fourth-order valence-electron chi connectivity index (χ4n) is 5.03. The molecule has 4 rings (SSSR count). The van der Waals surface area contributed by atoms with E-state index < -0.39 is 26.0 Å². The summed E-state index contributed by atoms with van der Waals surface area (Å²) in [5.41, 5.74) is 0.519. The smallest absolute Gasteiger partial charge is 0.241 e. The highest BCUT2D eigenvalue weighted by Gasteiger charge is 2.41. The van der Waals surface area contributed by atoms with Gasteiger partial charge in [0.25, 0.3) is 0 Å². The Hall–Kier alpha value is -1.95. The van der Waals surface area contributed by atoms with E-state index in [1.165, 1.54) is 43.5 Å². The Labute approximate surface area is 236 Å². The number of hydrogen-bond acceptors (Lipinski definition) is 7. The topological polar surface area (TPSA) is 88.2 Å². The summed E-state index contributed by atoms with van der Waals surface area (Å²) < 4.78 is 52.4. The number of methoxy groups -OCH3 is 2. The SMILES string of the molecule is COC[C@H]1CN[C@H](C)CN1CC(=O)N1CC(C)(C)c2cc(F)c(S(=O)(=O)c3ccc(OC)cc3)cc21.Cl.Cl. The van der Waals surface area contributed by atoms with Crippen LogP contribution in [0.1, 0.15) is 26.3 Å². The standard InChI is InChI=1S/C26H34FN3O5S.2ClH/c1-17-13-29(18(12-28-17)15-34-4)14-25(31)30-16-26(2,3)21-10-22(27)24(11-23(21)30)36(32,33)20-8-6-19(35-5)7-9-20;;/h6-11,17-18,28H,12-16H2,1-5H3;2*1H/t17-,18-;;/m1../s1. The normalized spacial score (nSPS) is 20.7. The minimum Gasteiger partial charge on any atom is -0.497 e. The molecule has 1 amide bonds. The number of anilines is 1. The van der Waals surface area contributed by atoms with E-state index in [1.54, 1.807) is 12.0 Å². The van der Waals surface area contributed by atoms with Crippen LogP contribution >= 0.6 is 24.8 Å². The zero-order valence-electron chi connectivity index (χ0n) is 22.2. The molecule has 8 nitrogen and oxygen atoms in total. The van der Waals surface area contributed by atoms with Gasteiger partial charge in [-0.25, -0.2) is 12.8 Å². The van der Waals surface area contributed by atoms with Crippen LogP contribution in [-0.4, -0.2) is 78.3 Å². The van der Waals surface area contributed by atoms with Crippen LogP contribution in [0.15, 0.2) is 46.2 Å². The average Bonchev–Trinajstić information content (AvgIpc) is 3.10. The Kier molecular flexibility index (Phi) is 10.6. The van der Waals surface area contributed by atoms with Crippen molar-refractivity contribution >= 4 is 46.2 Å². The van der Waals surface area contributed by atoms with Crippen LogP contribution in [0.2, 0.25) is 0 Å². The van der Waals surface area contributed by atoms with Gasteiger partial charge in [-0.15, -0.1) is 24.8 Å². The highest BCUT2D eigenvalue weighted by Crippen LogP contribution is 2.43. The van der Waals surface area contributed by atoms with Gasteiger partial charge in [-0.3, -0.25) is 9.69 Å². The molecule has 38 heavy (non-hydrogen) atoms. The number of hydrogen-bond donors (Lipinski definition) is 1. The first-order valence-corrected chi connectivity index (χ1v) is 13.5. The van der Waals surface area contributed by atoms with E-state index in [-0.39, 0.29) is 54.2 Å². The minimum absolute atomic E-state index is 0. The number of nitrogens with zero attached hydrogens (tertiary/aromatic N) is 2. The summed E-state index contributed by atoms with van der Waals surface area (Å²) >= 11 is 0. The molecule has 1 fully saturated rings. The second-order valence-corrected chi connectivity index (χ2v) is 12.1. The van der Waals surface area contributed by atoms with Crippen molar-refractivity contribution < 1.29 is 27.1 Å². The van der Waals surface area contributed by atoms with Gasteiger partial charge in [0, 0.05) is 49.9 Å². The van der Waals surface area contributed by atoms with Crippen LogP contribution in [0.25, 0.3) is 0 Å². The van der Waals surface area contributed by atoms with E-state index >= 15 is 4.39 Å². The molecule has 2 atom stereocenters. The molecule has 2 aliphatic rings. The third-order valence-electron chi connectivity index (χ3n) is 7.01. The first-order valence-electron chi connectivity index (χ1n) is 12.0. The fraction of sp³-hybridized carbons (Fsp3) is 0.500. The van der Waals surface area contributed by atoms with Crippen molar-refractivity contribution in [2.24, 2.45) is 0 Å². The van der Waals surface area contributed by atoms with Crippen molar-refractivity contribution in [2.75, 3.05) is 51.9 Å². The van der Waals surface area contributed by atoms with Gasteiger partial charge < -0.3 is 19.7 Å². The van der Waals surface area contributed by atoms with E-state index in [1.807, 2.05) is 13.8 Å². The van der Waals surface area contributed by atoms with Crippen molar-refractivity contribution in [1.29, 1.82) is 0 Å². The predicted octanol–water partition coefficient (Wildman–Crippen LogP) is 3.44. The Balaban J connectivity index is 0.00000253.